The first-order valence-corrected chi connectivity index (χ1v) is 45.7. The van der Waals surface area contributed by atoms with Gasteiger partial charge in [-0.1, -0.05) is 93.6 Å². The minimum Gasteiger partial charge on any atom is -0.492 e. The number of H-pyrrole nitrogens is 3. The smallest absolute Gasteiger partial charge is 0.271 e. The van der Waals surface area contributed by atoms with Crippen molar-refractivity contribution in [2.24, 2.45) is 10.4 Å². The average Bonchev–Trinajstić information content (AvgIpc) is 1.54. The fourth-order valence-electron chi connectivity index (χ4n) is 19.6. The van der Waals surface area contributed by atoms with Crippen LogP contribution in [0.15, 0.2) is 199 Å². The number of likely N-dealkylation sites (N-methyl/N-ethyl adjacent to an activating group) is 2. The highest BCUT2D eigenvalue weighted by Crippen LogP contribution is 2.51. The molecule has 3 fully saturated rings. The lowest BCUT2D eigenvalue weighted by Gasteiger charge is -2.50. The van der Waals surface area contributed by atoms with E-state index in [0.717, 1.165) is 220 Å². The van der Waals surface area contributed by atoms with Crippen molar-refractivity contribution in [3.63, 3.8) is 0 Å². The lowest BCUT2D eigenvalue weighted by molar-refractivity contribution is 0.0656. The van der Waals surface area contributed by atoms with Crippen LogP contribution in [0.1, 0.15) is 181 Å². The zero-order valence-corrected chi connectivity index (χ0v) is 74.6. The average molecular weight is 1760 g/mol. The topological polar surface area (TPSA) is 305 Å². The number of amides is 3. The third-order valence-corrected chi connectivity index (χ3v) is 27.1. The van der Waals surface area contributed by atoms with Crippen molar-refractivity contribution >= 4 is 103 Å². The SMILES string of the molecule is CC(C)(C)CN1CCC(NC(=O)c2csc(NC(=O)c3ccc4cc5n(c4c3)C3(CCC3)CCC5=O)n2)CC1.CN(C)CCOc1ccc(/C=C/c2cc(-c3cc4c([nH]3)N=CCC4=O)ccn2)cc1.CN1CC2(CCC(=O)c3c2[nH]c2c3CCc3cnc(-c4ccccc4F)cc3-2)C1.Nc1nn(-c2cccc(-c3ccc4cc[nH]c4c3)c2)cc1-c1ccc2c(c1)CCNC2=O. The summed E-state index contributed by atoms with van der Waals surface area (Å²) >= 11 is 1.25. The van der Waals surface area contributed by atoms with Crippen LogP contribution in [0, 0.1) is 11.2 Å². The predicted molar refractivity (Wildman–Crippen MR) is 511 cm³/mol. The lowest BCUT2D eigenvalue weighted by atomic mass is 9.67. The molecular formula is C104H104FN17O7S. The van der Waals surface area contributed by atoms with Gasteiger partial charge in [-0.15, -0.1) is 11.3 Å². The highest BCUT2D eigenvalue weighted by atomic mass is 32.1. The van der Waals surface area contributed by atoms with E-state index >= 15 is 0 Å². The summed E-state index contributed by atoms with van der Waals surface area (Å²) in [6.45, 7) is 14.0. The van der Waals surface area contributed by atoms with Crippen molar-refractivity contribution in [1.29, 1.82) is 0 Å². The molecule has 0 atom stereocenters. The van der Waals surface area contributed by atoms with Gasteiger partial charge in [0.15, 0.2) is 28.3 Å². The third kappa shape index (κ3) is 17.8. The van der Waals surface area contributed by atoms with Crippen molar-refractivity contribution in [2.45, 2.75) is 121 Å². The number of rotatable bonds is 16. The zero-order valence-electron chi connectivity index (χ0n) is 73.8. The van der Waals surface area contributed by atoms with E-state index in [-0.39, 0.29) is 63.3 Å². The first-order valence-electron chi connectivity index (χ1n) is 44.9. The molecule has 24 nitrogen and oxygen atoms in total. The Morgan fingerprint density at radius 1 is 0.723 bits per heavy atom. The summed E-state index contributed by atoms with van der Waals surface area (Å²) in [5.41, 5.74) is 29.1. The molecule has 3 amide bonds. The van der Waals surface area contributed by atoms with Crippen LogP contribution in [0.25, 0.3) is 95.7 Å². The first-order chi connectivity index (χ1) is 62.9. The number of aromatic nitrogens is 9. The quantitative estimate of drug-likeness (QED) is 0.0473. The standard InChI is InChI=1S/C30H37N5O3S.C26H21N5O.C24H22FN3O.C24H24N4O2/c1-29(2,3)18-34-13-8-21(9-14-34)31-27(38)22-17-39-28(32-22)33-26(37)20-6-5-19-15-24-25(36)7-12-30(10-4-11-30)35(24)23(19)16-20;27-25-23(19-6-7-22-20(12-19)9-11-29-26(22)32)15-31(30-25)21-3-1-2-17(13-21)18-5-4-16-8-10-28-24(16)14-18;1-28-12-24(13-28)9-8-20(29)21-16-7-6-14-11-26-19(15-4-2-3-5-18(15)25)10-17(14)22(16)27-23(21)24;1-28(2)13-14-30-20-7-4-17(5-8-20)3-6-19-15-18(9-11-25-19)22-16-21-23(29)10-12-26-24(21)27-22/h5-6,15-17,21H,4,7-14,18H2,1-3H3,(H,31,38)(H,32,33,37);1-8,10,12-15,28H,9,11H2,(H2,27,30)(H,29,32);2-5,10-11,27H,6-9,12-13H2,1H3;3-9,11-12,15-16,27H,10,13-14H2,1-2H3/b;;;6-3+. The van der Waals surface area contributed by atoms with E-state index in [2.05, 4.69) is 139 Å². The molecule has 1 saturated carbocycles. The third-order valence-electron chi connectivity index (χ3n) is 26.3. The second-order valence-corrected chi connectivity index (χ2v) is 37.9. The second kappa shape index (κ2) is 35.8. The van der Waals surface area contributed by atoms with Gasteiger partial charge in [-0.05, 0) is 238 Å². The molecule has 13 heterocycles. The number of pyridine rings is 2. The molecule has 26 heteroatoms. The maximum atomic E-state index is 14.3. The first kappa shape index (κ1) is 85.8. The number of hydrogen-bond donors (Lipinski definition) is 7. The monoisotopic (exact) mass is 1750 g/mol. The number of benzene rings is 6. The maximum absolute atomic E-state index is 14.3. The number of likely N-dealkylation sites (tertiary alicyclic amines) is 2. The van der Waals surface area contributed by atoms with Gasteiger partial charge in [-0.25, -0.2) is 19.0 Å². The van der Waals surface area contributed by atoms with Gasteiger partial charge >= 0.3 is 0 Å². The Morgan fingerprint density at radius 2 is 1.53 bits per heavy atom. The fraction of sp³-hybridized carbons (Fsp3) is 0.298. The summed E-state index contributed by atoms with van der Waals surface area (Å²) < 4.78 is 24.1. The number of carbonyl (C=O) groups excluding carboxylic acids is 6. The molecule has 660 valence electrons. The predicted octanol–water partition coefficient (Wildman–Crippen LogP) is 18.6. The van der Waals surface area contributed by atoms with E-state index in [1.165, 1.54) is 29.2 Å². The summed E-state index contributed by atoms with van der Waals surface area (Å²) in [5.74, 6) is 1.73. The number of nitrogens with zero attached hydrogens (tertiary/aromatic N) is 10. The van der Waals surface area contributed by atoms with Crippen molar-refractivity contribution in [1.82, 2.24) is 69.6 Å². The van der Waals surface area contributed by atoms with Crippen molar-refractivity contribution in [3.8, 4) is 67.5 Å². The van der Waals surface area contributed by atoms with E-state index < -0.39 is 0 Å². The second-order valence-electron chi connectivity index (χ2n) is 37.0. The molecular weight excluding hydrogens is 1650 g/mol. The van der Waals surface area contributed by atoms with Crippen LogP contribution in [0.3, 0.4) is 0 Å². The number of carbonyl (C=O) groups is 6. The number of nitrogen functional groups attached to an aromatic ring is 1. The number of thiazole rings is 1. The number of aromatic amines is 3. The van der Waals surface area contributed by atoms with Gasteiger partial charge in [0.1, 0.15) is 29.7 Å². The number of halogens is 1. The van der Waals surface area contributed by atoms with Gasteiger partial charge in [0, 0.05) is 185 Å². The van der Waals surface area contributed by atoms with E-state index in [4.69, 9.17) is 10.5 Å². The summed E-state index contributed by atoms with van der Waals surface area (Å²) in [6.07, 6.45) is 24.3. The molecule has 0 radical (unpaired) electrons. The molecule has 5 aliphatic heterocycles. The maximum Gasteiger partial charge on any atom is 0.271 e. The molecule has 8 aromatic heterocycles. The van der Waals surface area contributed by atoms with Crippen molar-refractivity contribution < 1.29 is 37.9 Å². The molecule has 2 spiro atoms. The van der Waals surface area contributed by atoms with E-state index in [1.807, 2.05) is 153 Å². The number of anilines is 2. The Hall–Kier alpha value is -13.7. The molecule has 2 saturated heterocycles. The van der Waals surface area contributed by atoms with Crippen molar-refractivity contribution in [2.75, 3.05) is 84.6 Å². The summed E-state index contributed by atoms with van der Waals surface area (Å²) in [5, 5.41) is 17.7. The van der Waals surface area contributed by atoms with Crippen LogP contribution in [0.2, 0.25) is 0 Å². The van der Waals surface area contributed by atoms with Gasteiger partial charge in [-0.2, -0.15) is 5.10 Å². The van der Waals surface area contributed by atoms with Gasteiger partial charge < -0.3 is 55.3 Å². The fourth-order valence-corrected chi connectivity index (χ4v) is 20.3. The Morgan fingerprint density at radius 3 is 2.32 bits per heavy atom. The van der Waals surface area contributed by atoms with Crippen LogP contribution in [0.5, 0.6) is 5.75 Å². The molecule has 3 aliphatic carbocycles. The largest absolute Gasteiger partial charge is 0.492 e. The number of piperidine rings is 1. The number of nitrogens with two attached hydrogens (primary N) is 1. The van der Waals surface area contributed by atoms with Gasteiger partial charge in [-0.3, -0.25) is 44.1 Å². The van der Waals surface area contributed by atoms with E-state index in [0.29, 0.717) is 77.3 Å². The summed E-state index contributed by atoms with van der Waals surface area (Å²) in [7, 11) is 6.18. The van der Waals surface area contributed by atoms with Gasteiger partial charge in [0.05, 0.1) is 34.0 Å². The lowest BCUT2D eigenvalue weighted by Crippen LogP contribution is -2.59. The molecule has 130 heavy (non-hydrogen) atoms. The van der Waals surface area contributed by atoms with E-state index in [1.54, 1.807) is 36.0 Å². The normalized spacial score (nSPS) is 16.5. The Balaban J connectivity index is 0.000000113. The van der Waals surface area contributed by atoms with Crippen molar-refractivity contribution in [3.05, 3.63) is 267 Å². The molecule has 6 aromatic carbocycles. The van der Waals surface area contributed by atoms with Crippen LogP contribution >= 0.6 is 11.3 Å². The summed E-state index contributed by atoms with van der Waals surface area (Å²) in [4.78, 5) is 110. The number of hydrogen-bond acceptors (Lipinski definition) is 17. The van der Waals surface area contributed by atoms with Gasteiger partial charge in [0.25, 0.3) is 17.7 Å². The Bertz CT molecular complexity index is 6810. The molecule has 8 N–H and O–H groups in total. The number of ether oxygens (including phenoxy) is 1. The number of Topliss-reactive ketones (excluding diaryl/α,β-unsaturated/α-hetero) is 3. The summed E-state index contributed by atoms with van der Waals surface area (Å²) in [6, 6.07) is 52.8. The van der Waals surface area contributed by atoms with E-state index in [9.17, 15) is 33.2 Å². The number of aliphatic imine (C=N–C) groups is 1. The zero-order chi connectivity index (χ0) is 89.7. The molecule has 0 unspecified atom stereocenters. The highest BCUT2D eigenvalue weighted by Gasteiger charge is 2.50. The number of ketones is 3. The van der Waals surface area contributed by atoms with Crippen LogP contribution in [0.4, 0.5) is 21.2 Å². The minimum absolute atomic E-state index is 0.0148. The molecule has 8 aliphatic rings. The van der Waals surface area contributed by atoms with Crippen LogP contribution in [-0.4, -0.2) is 180 Å². The Kier molecular flexibility index (Phi) is 23.6. The number of aryl methyl sites for hydroxylation is 1. The highest BCUT2D eigenvalue weighted by molar-refractivity contribution is 7.14. The molecule has 22 rings (SSSR count). The molecule has 14 aromatic rings. The minimum atomic E-state index is -0.273. The van der Waals surface area contributed by atoms with Crippen LogP contribution in [-0.2, 0) is 30.2 Å². The molecule has 0 bridgehead atoms. The van der Waals surface area contributed by atoms with Crippen LogP contribution < -0.4 is 26.4 Å². The Labute approximate surface area is 757 Å². The van der Waals surface area contributed by atoms with Gasteiger partial charge in [0.2, 0.25) is 0 Å². The number of nitrogens with one attached hydrogen (secondary N) is 6. The number of fused-ring (bicyclic) bond motifs is 13.